The molecule has 5 nitrogen and oxygen atoms in total. The van der Waals surface area contributed by atoms with Gasteiger partial charge in [-0.15, -0.1) is 0 Å². The van der Waals surface area contributed by atoms with Gasteiger partial charge in [-0.05, 0) is 25.2 Å². The van der Waals surface area contributed by atoms with Gasteiger partial charge in [-0.25, -0.2) is 8.42 Å². The van der Waals surface area contributed by atoms with Crippen LogP contribution in [0, 0.1) is 11.8 Å². The minimum atomic E-state index is -2.98. The molecule has 4 unspecified atom stereocenters. The number of carbonyl (C=O) groups excluding carboxylic acids is 1. The van der Waals surface area contributed by atoms with Crippen LogP contribution in [0.5, 0.6) is 0 Å². The van der Waals surface area contributed by atoms with Crippen LogP contribution in [0.4, 0.5) is 0 Å². The third kappa shape index (κ3) is 3.73. The number of likely N-dealkylation sites (tertiary alicyclic amines) is 1. The van der Waals surface area contributed by atoms with Gasteiger partial charge in [0, 0.05) is 31.6 Å². The highest BCUT2D eigenvalue weighted by Gasteiger charge is 2.34. The van der Waals surface area contributed by atoms with Gasteiger partial charge in [-0.2, -0.15) is 0 Å². The summed E-state index contributed by atoms with van der Waals surface area (Å²) in [5.41, 5.74) is 0. The van der Waals surface area contributed by atoms with E-state index >= 15 is 0 Å². The van der Waals surface area contributed by atoms with E-state index in [1.807, 2.05) is 4.90 Å². The van der Waals surface area contributed by atoms with Crippen LogP contribution in [0.3, 0.4) is 0 Å². The Kier molecular flexibility index (Phi) is 4.74. The van der Waals surface area contributed by atoms with Crippen LogP contribution in [-0.2, 0) is 14.6 Å². The van der Waals surface area contributed by atoms with Crippen molar-refractivity contribution in [3.8, 4) is 0 Å². The van der Waals surface area contributed by atoms with Crippen molar-refractivity contribution in [2.45, 2.75) is 45.7 Å². The highest BCUT2D eigenvalue weighted by Crippen LogP contribution is 2.27. The summed E-state index contributed by atoms with van der Waals surface area (Å²) in [4.78, 5) is 14.4. The van der Waals surface area contributed by atoms with Crippen molar-refractivity contribution >= 4 is 15.7 Å². The lowest BCUT2D eigenvalue weighted by Gasteiger charge is -2.41. The average molecular weight is 302 g/mol. The zero-order valence-corrected chi connectivity index (χ0v) is 13.4. The fraction of sp³-hybridized carbons (Fsp3) is 0.929. The van der Waals surface area contributed by atoms with Gasteiger partial charge in [0.2, 0.25) is 5.91 Å². The lowest BCUT2D eigenvalue weighted by atomic mass is 9.85. The van der Waals surface area contributed by atoms with Crippen LogP contribution in [0.1, 0.15) is 33.6 Å². The van der Waals surface area contributed by atoms with E-state index in [-0.39, 0.29) is 29.5 Å². The molecular weight excluding hydrogens is 276 g/mol. The van der Waals surface area contributed by atoms with Crippen LogP contribution in [-0.4, -0.2) is 55.9 Å². The zero-order chi connectivity index (χ0) is 14.9. The molecule has 6 heteroatoms. The quantitative estimate of drug-likeness (QED) is 0.813. The molecule has 0 aromatic heterocycles. The van der Waals surface area contributed by atoms with E-state index in [0.717, 1.165) is 13.0 Å². The molecular formula is C14H26N2O3S. The molecule has 0 aromatic carbocycles. The highest BCUT2D eigenvalue weighted by molar-refractivity contribution is 7.91. The van der Waals surface area contributed by atoms with E-state index < -0.39 is 9.84 Å². The number of sulfone groups is 1. The van der Waals surface area contributed by atoms with Gasteiger partial charge in [-0.1, -0.05) is 13.8 Å². The number of rotatable bonds is 2. The largest absolute Gasteiger partial charge is 0.339 e. The van der Waals surface area contributed by atoms with Gasteiger partial charge < -0.3 is 10.2 Å². The molecule has 4 atom stereocenters. The molecule has 2 fully saturated rings. The second kappa shape index (κ2) is 6.02. The van der Waals surface area contributed by atoms with Crippen LogP contribution in [0.25, 0.3) is 0 Å². The first kappa shape index (κ1) is 15.8. The lowest BCUT2D eigenvalue weighted by Crippen LogP contribution is -2.52. The second-order valence-electron chi connectivity index (χ2n) is 6.57. The van der Waals surface area contributed by atoms with Crippen LogP contribution in [0.2, 0.25) is 0 Å². The molecule has 0 saturated carbocycles. The van der Waals surface area contributed by atoms with Gasteiger partial charge >= 0.3 is 0 Å². The van der Waals surface area contributed by atoms with Crippen LogP contribution in [0.15, 0.2) is 0 Å². The molecule has 2 saturated heterocycles. The minimum Gasteiger partial charge on any atom is -0.339 e. The number of piperidine rings is 1. The summed E-state index contributed by atoms with van der Waals surface area (Å²) in [5, 5.41) is 3.16. The van der Waals surface area contributed by atoms with E-state index in [9.17, 15) is 13.2 Å². The zero-order valence-electron chi connectivity index (χ0n) is 12.6. The van der Waals surface area contributed by atoms with Gasteiger partial charge in [0.25, 0.3) is 0 Å². The van der Waals surface area contributed by atoms with E-state index in [1.165, 1.54) is 0 Å². The average Bonchev–Trinajstić information content (AvgIpc) is 2.32. The number of hydrogen-bond acceptors (Lipinski definition) is 4. The Hall–Kier alpha value is -0.620. The van der Waals surface area contributed by atoms with Crippen molar-refractivity contribution in [1.82, 2.24) is 10.2 Å². The summed E-state index contributed by atoms with van der Waals surface area (Å²) in [6, 6.07) is 0.0277. The molecule has 0 radical (unpaired) electrons. The summed E-state index contributed by atoms with van der Waals surface area (Å²) in [5.74, 6) is 1.39. The summed E-state index contributed by atoms with van der Waals surface area (Å²) in [6.45, 7) is 7.71. The summed E-state index contributed by atoms with van der Waals surface area (Å²) in [7, 11) is -2.98. The monoisotopic (exact) mass is 302 g/mol. The Morgan fingerprint density at radius 3 is 2.65 bits per heavy atom. The molecule has 2 aliphatic heterocycles. The molecule has 2 heterocycles. The summed E-state index contributed by atoms with van der Waals surface area (Å²) >= 11 is 0. The normalized spacial score (nSPS) is 37.6. The Balaban J connectivity index is 1.97. The predicted octanol–water partition coefficient (Wildman–Crippen LogP) is 0.656. The first-order valence-corrected chi connectivity index (χ1v) is 9.34. The molecule has 20 heavy (non-hydrogen) atoms. The SMILES string of the molecule is CC1CC(C)C(C)N(C(=O)CC2CS(=O)(=O)CCN2)C1. The van der Waals surface area contributed by atoms with Gasteiger partial charge in [0.15, 0.2) is 9.84 Å². The number of hydrogen-bond donors (Lipinski definition) is 1. The van der Waals surface area contributed by atoms with Crippen molar-refractivity contribution in [1.29, 1.82) is 0 Å². The smallest absolute Gasteiger partial charge is 0.224 e. The number of nitrogens with zero attached hydrogens (tertiary/aromatic N) is 1. The van der Waals surface area contributed by atoms with Crippen molar-refractivity contribution in [3.05, 3.63) is 0 Å². The fourth-order valence-corrected chi connectivity index (χ4v) is 4.82. The maximum Gasteiger partial charge on any atom is 0.224 e. The molecule has 0 spiro atoms. The van der Waals surface area contributed by atoms with Crippen molar-refractivity contribution in [2.75, 3.05) is 24.6 Å². The Morgan fingerprint density at radius 1 is 1.30 bits per heavy atom. The van der Waals surface area contributed by atoms with E-state index in [0.29, 0.717) is 24.8 Å². The van der Waals surface area contributed by atoms with Gasteiger partial charge in [0.05, 0.1) is 11.5 Å². The molecule has 1 amide bonds. The number of nitrogens with one attached hydrogen (secondary N) is 1. The van der Waals surface area contributed by atoms with Crippen LogP contribution >= 0.6 is 0 Å². The Morgan fingerprint density at radius 2 is 2.00 bits per heavy atom. The molecule has 2 aliphatic rings. The Bertz CT molecular complexity index is 463. The Labute approximate surface area is 122 Å². The molecule has 0 aromatic rings. The fourth-order valence-electron chi connectivity index (χ4n) is 3.37. The third-order valence-corrected chi connectivity index (χ3v) is 6.38. The maximum absolute atomic E-state index is 12.5. The van der Waals surface area contributed by atoms with Gasteiger partial charge in [0.1, 0.15) is 0 Å². The summed E-state index contributed by atoms with van der Waals surface area (Å²) < 4.78 is 23.2. The second-order valence-corrected chi connectivity index (χ2v) is 8.80. The van der Waals surface area contributed by atoms with Crippen molar-refractivity contribution < 1.29 is 13.2 Å². The minimum absolute atomic E-state index is 0.0884. The topological polar surface area (TPSA) is 66.5 Å². The molecule has 1 N–H and O–H groups in total. The summed E-state index contributed by atoms with van der Waals surface area (Å²) in [6.07, 6.45) is 1.45. The number of amides is 1. The molecule has 0 bridgehead atoms. The predicted molar refractivity (Wildman–Crippen MR) is 79.2 cm³/mol. The third-order valence-electron chi connectivity index (χ3n) is 4.64. The van der Waals surface area contributed by atoms with E-state index in [1.54, 1.807) is 0 Å². The molecule has 2 rings (SSSR count). The van der Waals surface area contributed by atoms with Crippen molar-refractivity contribution in [2.24, 2.45) is 11.8 Å². The standard InChI is InChI=1S/C14H26N2O3S/c1-10-6-11(2)12(3)16(8-10)14(17)7-13-9-20(18,19)5-4-15-13/h10-13,15H,4-9H2,1-3H3. The lowest BCUT2D eigenvalue weighted by molar-refractivity contribution is -0.137. The highest BCUT2D eigenvalue weighted by atomic mass is 32.2. The first-order chi connectivity index (χ1) is 9.28. The van der Waals surface area contributed by atoms with Gasteiger partial charge in [-0.3, -0.25) is 4.79 Å². The first-order valence-electron chi connectivity index (χ1n) is 7.52. The van der Waals surface area contributed by atoms with E-state index in [4.69, 9.17) is 0 Å². The maximum atomic E-state index is 12.5. The number of carbonyl (C=O) groups is 1. The molecule has 116 valence electrons. The van der Waals surface area contributed by atoms with Crippen molar-refractivity contribution in [3.63, 3.8) is 0 Å². The van der Waals surface area contributed by atoms with Crippen LogP contribution < -0.4 is 5.32 Å². The van der Waals surface area contributed by atoms with E-state index in [2.05, 4.69) is 26.1 Å². The molecule has 0 aliphatic carbocycles.